The van der Waals surface area contributed by atoms with Gasteiger partial charge >= 0.3 is 0 Å². The van der Waals surface area contributed by atoms with Gasteiger partial charge in [-0.2, -0.15) is 0 Å². The maximum absolute atomic E-state index is 2.47. The lowest BCUT2D eigenvalue weighted by atomic mass is 9.81. The number of fused-ring (bicyclic) bond motifs is 21. The highest BCUT2D eigenvalue weighted by atomic mass is 15.0. The lowest BCUT2D eigenvalue weighted by Gasteiger charge is -2.22. The highest BCUT2D eigenvalue weighted by Crippen LogP contribution is 2.56. The molecule has 16 aromatic rings. The Kier molecular flexibility index (Phi) is 12.7. The number of hydrogen-bond acceptors (Lipinski definition) is 0. The summed E-state index contributed by atoms with van der Waals surface area (Å²) in [6, 6.07) is 107. The summed E-state index contributed by atoms with van der Waals surface area (Å²) in [6.07, 6.45) is 9.24. The third-order valence-electron chi connectivity index (χ3n) is 25.7. The molecule has 0 unspecified atom stereocenters. The first-order valence-corrected chi connectivity index (χ1v) is 37.6. The molecule has 0 atom stereocenters. The Balaban J connectivity index is 0.515. The first-order valence-electron chi connectivity index (χ1n) is 37.6. The van der Waals surface area contributed by atoms with E-state index in [9.17, 15) is 0 Å². The van der Waals surface area contributed by atoms with Crippen LogP contribution in [0.15, 0.2) is 279 Å². The molecule has 14 aromatic carbocycles. The van der Waals surface area contributed by atoms with Gasteiger partial charge in [0, 0.05) is 60.0 Å². The summed E-state index contributed by atoms with van der Waals surface area (Å²) in [5.41, 5.74) is 43.7. The minimum absolute atomic E-state index is 0.0749. The minimum atomic E-state index is -0.179. The zero-order chi connectivity index (χ0) is 70.9. The molecule has 0 saturated heterocycles. The quantitative estimate of drug-likeness (QED) is 0.134. The second-order valence-electron chi connectivity index (χ2n) is 33.3. The molecule has 2 heteroatoms. The van der Waals surface area contributed by atoms with E-state index in [0.717, 1.165) is 0 Å². The monoisotopic (exact) mass is 1340 g/mol. The van der Waals surface area contributed by atoms with Crippen molar-refractivity contribution in [3.63, 3.8) is 0 Å². The van der Waals surface area contributed by atoms with Gasteiger partial charge in [-0.15, -0.1) is 0 Å². The largest absolute Gasteiger partial charge is 0.309 e. The number of hydrogen-bond donors (Lipinski definition) is 0. The van der Waals surface area contributed by atoms with Gasteiger partial charge in [0.2, 0.25) is 0 Å². The topological polar surface area (TPSA) is 9.86 Å². The van der Waals surface area contributed by atoms with Gasteiger partial charge in [-0.1, -0.05) is 300 Å². The molecule has 0 fully saturated rings. The maximum atomic E-state index is 2.47. The third-order valence-corrected chi connectivity index (χ3v) is 25.7. The molecule has 0 N–H and O–H groups in total. The molecule has 0 bridgehead atoms. The van der Waals surface area contributed by atoms with Crippen molar-refractivity contribution in [1.82, 2.24) is 9.13 Å². The second kappa shape index (κ2) is 21.6. The van der Waals surface area contributed by atoms with Crippen molar-refractivity contribution < 1.29 is 0 Å². The van der Waals surface area contributed by atoms with E-state index < -0.39 is 0 Å². The second-order valence-corrected chi connectivity index (χ2v) is 33.3. The highest BCUT2D eigenvalue weighted by molar-refractivity contribution is 6.12. The molecule has 0 amide bonds. The lowest BCUT2D eigenvalue weighted by molar-refractivity contribution is 0.660. The number of para-hydroxylation sites is 2. The van der Waals surface area contributed by atoms with Gasteiger partial charge in [-0.05, 0) is 229 Å². The Morgan fingerprint density at radius 3 is 0.800 bits per heavy atom. The molecule has 502 valence electrons. The summed E-state index contributed by atoms with van der Waals surface area (Å²) < 4.78 is 4.94. The van der Waals surface area contributed by atoms with Crippen LogP contribution in [0.3, 0.4) is 0 Å². The fourth-order valence-corrected chi connectivity index (χ4v) is 20.0. The van der Waals surface area contributed by atoms with E-state index in [0.29, 0.717) is 0 Å². The maximum Gasteiger partial charge on any atom is 0.0541 e. The van der Waals surface area contributed by atoms with Gasteiger partial charge < -0.3 is 9.13 Å². The number of aromatic nitrogens is 2. The van der Waals surface area contributed by atoms with Crippen molar-refractivity contribution in [2.45, 2.75) is 96.3 Å². The van der Waals surface area contributed by atoms with E-state index in [2.05, 4.69) is 382 Å². The van der Waals surface area contributed by atoms with Gasteiger partial charge in [0.15, 0.2) is 0 Å². The standard InChI is InChI=1S/C103H80N2/c1-99(2)85-23-15-11-19-71(85)79-47-39-69(59-93(79)99)104-95-25-17-13-21-81(95)83-55-65(37-49-97(83)104)67-35-45-77-75-43-33-63(53-89(75)102(7,8)91(77)57-67)29-27-61-31-41-73-74-42-32-62(52-88(74)101(5,6)87(73)51-61)28-30-64-34-44-76-78-46-36-68(58-92(78)103(9,10)90(76)54-64)66-38-50-98-84(56-66)82-22-14-18-26-96(82)105(98)70-40-48-80-72-20-12-16-24-86(72)100(3,4)94(80)60-70/h11-60H,1-10H3. The average Bonchev–Trinajstić information content (AvgIpc) is 1.58. The summed E-state index contributed by atoms with van der Waals surface area (Å²) in [5.74, 6) is 0. The summed E-state index contributed by atoms with van der Waals surface area (Å²) in [4.78, 5) is 0. The number of rotatable bonds is 8. The van der Waals surface area contributed by atoms with E-state index in [1.165, 1.54) is 211 Å². The molecular formula is C103H80N2. The predicted molar refractivity (Wildman–Crippen MR) is 445 cm³/mol. The predicted octanol–water partition coefficient (Wildman–Crippen LogP) is 27.1. The van der Waals surface area contributed by atoms with Gasteiger partial charge in [-0.3, -0.25) is 0 Å². The van der Waals surface area contributed by atoms with Crippen LogP contribution in [0, 0.1) is 0 Å². The van der Waals surface area contributed by atoms with Crippen molar-refractivity contribution in [3.8, 4) is 89.3 Å². The Morgan fingerprint density at radius 1 is 0.190 bits per heavy atom. The first kappa shape index (κ1) is 61.8. The van der Waals surface area contributed by atoms with Crippen LogP contribution in [0.5, 0.6) is 0 Å². The summed E-state index contributed by atoms with van der Waals surface area (Å²) in [7, 11) is 0. The number of nitrogens with zero attached hydrogens (tertiary/aromatic N) is 2. The molecule has 0 radical (unpaired) electrons. The van der Waals surface area contributed by atoms with Crippen molar-refractivity contribution in [2.24, 2.45) is 0 Å². The van der Waals surface area contributed by atoms with Crippen molar-refractivity contribution in [3.05, 3.63) is 357 Å². The zero-order valence-corrected chi connectivity index (χ0v) is 61.3. The summed E-state index contributed by atoms with van der Waals surface area (Å²) in [6.45, 7) is 23.9. The van der Waals surface area contributed by atoms with E-state index in [1.54, 1.807) is 0 Å². The first-order chi connectivity index (χ1) is 50.8. The van der Waals surface area contributed by atoms with Gasteiger partial charge in [0.05, 0.1) is 22.1 Å². The van der Waals surface area contributed by atoms with Crippen LogP contribution in [0.2, 0.25) is 0 Å². The fraction of sp³-hybridized carbons (Fsp3) is 0.146. The minimum Gasteiger partial charge on any atom is -0.309 e. The van der Waals surface area contributed by atoms with Crippen LogP contribution in [0.1, 0.15) is 147 Å². The molecule has 0 spiro atoms. The fourth-order valence-electron chi connectivity index (χ4n) is 20.0. The van der Waals surface area contributed by atoms with Crippen molar-refractivity contribution >= 4 is 67.9 Å². The molecule has 2 nitrogen and oxygen atoms in total. The van der Waals surface area contributed by atoms with E-state index in [4.69, 9.17) is 0 Å². The summed E-state index contributed by atoms with van der Waals surface area (Å²) >= 11 is 0. The molecule has 105 heavy (non-hydrogen) atoms. The zero-order valence-electron chi connectivity index (χ0n) is 61.3. The highest BCUT2D eigenvalue weighted by Gasteiger charge is 2.41. The number of benzene rings is 14. The molecule has 0 aliphatic heterocycles. The SMILES string of the molecule is CC1(C)c2cc(C=Cc3ccc4c(c3)C(C)(C)c3cc(-c5ccc6c(c5)c5ccccc5n6-c5ccc6c(c5)C(C)(C)c5ccccc5-6)ccc3-4)ccc2-c2ccc(C=Cc3ccc4c(c3)C(C)(C)c3cc(-c5ccc6c(c5)c5ccccc5n6-c5ccc6c(c5)C(C)(C)c5ccccc5-6)ccc3-4)cc21. The van der Waals surface area contributed by atoms with Crippen LogP contribution < -0.4 is 0 Å². The van der Waals surface area contributed by atoms with Crippen molar-refractivity contribution in [1.29, 1.82) is 0 Å². The Hall–Kier alpha value is -11.8. The van der Waals surface area contributed by atoms with Crippen LogP contribution >= 0.6 is 0 Å². The van der Waals surface area contributed by atoms with Crippen LogP contribution in [-0.4, -0.2) is 9.13 Å². The molecule has 21 rings (SSSR count). The third kappa shape index (κ3) is 8.78. The van der Waals surface area contributed by atoms with Crippen LogP contribution in [0.25, 0.3) is 157 Å². The molecule has 2 heterocycles. The summed E-state index contributed by atoms with van der Waals surface area (Å²) in [5, 5.41) is 5.08. The molecular weight excluding hydrogens is 1270 g/mol. The van der Waals surface area contributed by atoms with Gasteiger partial charge in [-0.25, -0.2) is 0 Å². The molecule has 5 aliphatic rings. The smallest absolute Gasteiger partial charge is 0.0541 e. The van der Waals surface area contributed by atoms with Crippen molar-refractivity contribution in [2.75, 3.05) is 0 Å². The van der Waals surface area contributed by atoms with Gasteiger partial charge in [0.1, 0.15) is 0 Å². The normalized spacial score (nSPS) is 15.8. The van der Waals surface area contributed by atoms with E-state index in [-0.39, 0.29) is 27.1 Å². The average molecular weight is 1350 g/mol. The van der Waals surface area contributed by atoms with Gasteiger partial charge in [0.25, 0.3) is 0 Å². The lowest BCUT2D eigenvalue weighted by Crippen LogP contribution is -2.15. The van der Waals surface area contributed by atoms with Crippen LogP contribution in [0.4, 0.5) is 0 Å². The van der Waals surface area contributed by atoms with E-state index in [1.807, 2.05) is 0 Å². The van der Waals surface area contributed by atoms with Crippen LogP contribution in [-0.2, 0) is 27.1 Å². The Bertz CT molecular complexity index is 6210. The van der Waals surface area contributed by atoms with E-state index >= 15 is 0 Å². The Morgan fingerprint density at radius 2 is 0.438 bits per heavy atom. The molecule has 0 saturated carbocycles. The Labute approximate surface area is 615 Å². The molecule has 2 aromatic heterocycles. The molecule has 5 aliphatic carbocycles.